The number of hydrogen-bond acceptors (Lipinski definition) is 4. The number of urea groups is 1. The molecule has 2 rings (SSSR count). The molecule has 18 heavy (non-hydrogen) atoms. The maximum Gasteiger partial charge on any atom is 0.317 e. The zero-order valence-corrected chi connectivity index (χ0v) is 11.3. The van der Waals surface area contributed by atoms with Crippen molar-refractivity contribution in [2.24, 2.45) is 0 Å². The van der Waals surface area contributed by atoms with Crippen molar-refractivity contribution in [2.45, 2.75) is 26.8 Å². The van der Waals surface area contributed by atoms with Crippen LogP contribution in [0.3, 0.4) is 0 Å². The Bertz CT molecular complexity index is 472. The highest BCUT2D eigenvalue weighted by atomic mass is 32.1. The Labute approximate surface area is 109 Å². The van der Waals surface area contributed by atoms with Crippen LogP contribution in [0.4, 0.5) is 9.93 Å². The van der Waals surface area contributed by atoms with E-state index in [0.29, 0.717) is 24.8 Å². The van der Waals surface area contributed by atoms with Gasteiger partial charge in [0.25, 0.3) is 0 Å². The Morgan fingerprint density at radius 3 is 2.94 bits per heavy atom. The lowest BCUT2D eigenvalue weighted by molar-refractivity contribution is -0.114. The van der Waals surface area contributed by atoms with E-state index in [1.54, 1.807) is 4.90 Å². The summed E-state index contributed by atoms with van der Waals surface area (Å²) in [5.41, 5.74) is 0.990. The second-order valence-electron chi connectivity index (χ2n) is 4.08. The van der Waals surface area contributed by atoms with Crippen molar-refractivity contribution in [2.75, 3.05) is 18.4 Å². The van der Waals surface area contributed by atoms with Crippen molar-refractivity contribution in [3.63, 3.8) is 0 Å². The van der Waals surface area contributed by atoms with Gasteiger partial charge >= 0.3 is 6.03 Å². The molecule has 1 aromatic rings. The summed E-state index contributed by atoms with van der Waals surface area (Å²) in [6.07, 6.45) is 0.739. The minimum atomic E-state index is -0.123. The van der Waals surface area contributed by atoms with Gasteiger partial charge in [-0.05, 0) is 6.92 Å². The zero-order valence-electron chi connectivity index (χ0n) is 10.4. The summed E-state index contributed by atoms with van der Waals surface area (Å²) >= 11 is 1.44. The molecular formula is C11H16N4O2S. The van der Waals surface area contributed by atoms with E-state index >= 15 is 0 Å². The monoisotopic (exact) mass is 268 g/mol. The fourth-order valence-electron chi connectivity index (χ4n) is 1.84. The number of nitrogens with one attached hydrogen (secondary N) is 2. The first-order valence-electron chi connectivity index (χ1n) is 5.89. The number of carbonyl (C=O) groups excluding carboxylic acids is 2. The van der Waals surface area contributed by atoms with Gasteiger partial charge in [-0.15, -0.1) is 0 Å². The summed E-state index contributed by atoms with van der Waals surface area (Å²) in [6, 6.07) is -0.0439. The van der Waals surface area contributed by atoms with Gasteiger partial charge in [0, 0.05) is 31.3 Å². The van der Waals surface area contributed by atoms with E-state index in [1.807, 2.05) is 6.92 Å². The summed E-state index contributed by atoms with van der Waals surface area (Å²) in [6.45, 7) is 5.22. The van der Waals surface area contributed by atoms with Crippen LogP contribution in [-0.2, 0) is 17.8 Å². The summed E-state index contributed by atoms with van der Waals surface area (Å²) < 4.78 is 0. The van der Waals surface area contributed by atoms with Gasteiger partial charge in [0.2, 0.25) is 5.91 Å². The molecule has 0 aromatic carbocycles. The molecule has 1 aliphatic heterocycles. The van der Waals surface area contributed by atoms with Gasteiger partial charge in [0.15, 0.2) is 5.13 Å². The van der Waals surface area contributed by atoms with Crippen molar-refractivity contribution in [3.8, 4) is 0 Å². The average molecular weight is 268 g/mol. The standard InChI is InChI=1S/C11H16N4O2S/c1-3-12-11(17)15-5-4-8-9(6-15)18-10(14-8)13-7(2)16/h3-6H2,1-2H3,(H,12,17)(H,13,14,16). The molecule has 7 heteroatoms. The second-order valence-corrected chi connectivity index (χ2v) is 5.16. The Kier molecular flexibility index (Phi) is 3.81. The van der Waals surface area contributed by atoms with Crippen LogP contribution in [0.1, 0.15) is 24.4 Å². The first-order chi connectivity index (χ1) is 8.60. The van der Waals surface area contributed by atoms with E-state index < -0.39 is 0 Å². The summed E-state index contributed by atoms with van der Waals surface area (Å²) in [7, 11) is 0. The van der Waals surface area contributed by atoms with Gasteiger partial charge in [-0.2, -0.15) is 0 Å². The Morgan fingerprint density at radius 1 is 1.50 bits per heavy atom. The molecule has 0 saturated carbocycles. The van der Waals surface area contributed by atoms with Crippen molar-refractivity contribution in [1.29, 1.82) is 0 Å². The third kappa shape index (κ3) is 2.79. The predicted molar refractivity (Wildman–Crippen MR) is 69.6 cm³/mol. The average Bonchev–Trinajstić information content (AvgIpc) is 2.69. The van der Waals surface area contributed by atoms with Crippen LogP contribution >= 0.6 is 11.3 Å². The topological polar surface area (TPSA) is 74.3 Å². The number of carbonyl (C=O) groups is 2. The third-order valence-electron chi connectivity index (χ3n) is 2.63. The van der Waals surface area contributed by atoms with Gasteiger partial charge in [0.1, 0.15) is 0 Å². The first-order valence-corrected chi connectivity index (χ1v) is 6.70. The highest BCUT2D eigenvalue weighted by Gasteiger charge is 2.23. The van der Waals surface area contributed by atoms with Crippen molar-refractivity contribution in [1.82, 2.24) is 15.2 Å². The SMILES string of the molecule is CCNC(=O)N1CCc2nc(NC(C)=O)sc2C1. The van der Waals surface area contributed by atoms with Crippen molar-refractivity contribution >= 4 is 28.4 Å². The molecule has 2 N–H and O–H groups in total. The Hall–Kier alpha value is -1.63. The van der Waals surface area contributed by atoms with E-state index in [2.05, 4.69) is 15.6 Å². The number of nitrogens with zero attached hydrogens (tertiary/aromatic N) is 2. The molecule has 0 saturated heterocycles. The van der Waals surface area contributed by atoms with E-state index in [9.17, 15) is 9.59 Å². The fraction of sp³-hybridized carbons (Fsp3) is 0.545. The Morgan fingerprint density at radius 2 is 2.28 bits per heavy atom. The second kappa shape index (κ2) is 5.34. The highest BCUT2D eigenvalue weighted by molar-refractivity contribution is 7.15. The van der Waals surface area contributed by atoms with Crippen LogP contribution < -0.4 is 10.6 Å². The maximum atomic E-state index is 11.7. The number of hydrogen-bond donors (Lipinski definition) is 2. The van der Waals surface area contributed by atoms with Gasteiger partial charge in [-0.3, -0.25) is 4.79 Å². The van der Waals surface area contributed by atoms with E-state index in [1.165, 1.54) is 18.3 Å². The van der Waals surface area contributed by atoms with E-state index in [0.717, 1.165) is 17.0 Å². The van der Waals surface area contributed by atoms with E-state index in [-0.39, 0.29) is 11.9 Å². The van der Waals surface area contributed by atoms with Crippen LogP contribution in [-0.4, -0.2) is 34.9 Å². The minimum absolute atomic E-state index is 0.0439. The Balaban J connectivity index is 2.07. The van der Waals surface area contributed by atoms with Crippen LogP contribution in [0.15, 0.2) is 0 Å². The third-order valence-corrected chi connectivity index (χ3v) is 3.63. The number of thiazole rings is 1. The van der Waals surface area contributed by atoms with Gasteiger partial charge in [0.05, 0.1) is 12.2 Å². The molecule has 0 unspecified atom stereocenters. The van der Waals surface area contributed by atoms with Crippen molar-refractivity contribution < 1.29 is 9.59 Å². The quantitative estimate of drug-likeness (QED) is 0.846. The number of fused-ring (bicyclic) bond motifs is 1. The highest BCUT2D eigenvalue weighted by Crippen LogP contribution is 2.28. The smallest absolute Gasteiger partial charge is 0.317 e. The lowest BCUT2D eigenvalue weighted by atomic mass is 10.2. The lowest BCUT2D eigenvalue weighted by Gasteiger charge is -2.25. The fourth-order valence-corrected chi connectivity index (χ4v) is 2.91. The minimum Gasteiger partial charge on any atom is -0.338 e. The normalized spacial score (nSPS) is 14.0. The first kappa shape index (κ1) is 12.8. The van der Waals surface area contributed by atoms with Gasteiger partial charge in [-0.1, -0.05) is 11.3 Å². The van der Waals surface area contributed by atoms with Crippen LogP contribution in [0.2, 0.25) is 0 Å². The van der Waals surface area contributed by atoms with Crippen molar-refractivity contribution in [3.05, 3.63) is 10.6 Å². The maximum absolute atomic E-state index is 11.7. The number of rotatable bonds is 2. The van der Waals surface area contributed by atoms with E-state index in [4.69, 9.17) is 0 Å². The lowest BCUT2D eigenvalue weighted by Crippen LogP contribution is -2.42. The van der Waals surface area contributed by atoms with Crippen LogP contribution in [0.5, 0.6) is 0 Å². The number of aromatic nitrogens is 1. The molecule has 0 bridgehead atoms. The number of anilines is 1. The zero-order chi connectivity index (χ0) is 13.1. The molecule has 1 aliphatic rings. The summed E-state index contributed by atoms with van der Waals surface area (Å²) in [5, 5.41) is 6.08. The molecule has 98 valence electrons. The summed E-state index contributed by atoms with van der Waals surface area (Å²) in [5.74, 6) is -0.123. The van der Waals surface area contributed by atoms with Crippen LogP contribution in [0, 0.1) is 0 Å². The number of amides is 3. The van der Waals surface area contributed by atoms with Crippen LogP contribution in [0.25, 0.3) is 0 Å². The molecular weight excluding hydrogens is 252 g/mol. The molecule has 2 heterocycles. The summed E-state index contributed by atoms with van der Waals surface area (Å²) in [4.78, 5) is 29.9. The largest absolute Gasteiger partial charge is 0.338 e. The molecule has 1 aromatic heterocycles. The molecule has 0 aliphatic carbocycles. The van der Waals surface area contributed by atoms with Gasteiger partial charge < -0.3 is 15.5 Å². The molecule has 3 amide bonds. The molecule has 0 spiro atoms. The van der Waals surface area contributed by atoms with Gasteiger partial charge in [-0.25, -0.2) is 9.78 Å². The molecule has 0 radical (unpaired) electrons. The molecule has 0 atom stereocenters. The molecule has 6 nitrogen and oxygen atoms in total. The predicted octanol–water partition coefficient (Wildman–Crippen LogP) is 1.19. The molecule has 0 fully saturated rings.